The molecule has 1 aromatic heterocycles. The maximum atomic E-state index is 13.9. The first-order valence-electron chi connectivity index (χ1n) is 10.5. The Kier molecular flexibility index (Phi) is 5.62. The molecule has 1 aliphatic carbocycles. The molecule has 1 amide bonds. The topological polar surface area (TPSA) is 88.8 Å². The summed E-state index contributed by atoms with van der Waals surface area (Å²) < 4.78 is 33.9. The number of rotatable bonds is 6. The van der Waals surface area contributed by atoms with E-state index in [0.717, 1.165) is 12.1 Å². The highest BCUT2D eigenvalue weighted by Gasteiger charge is 2.52. The number of likely N-dealkylation sites (N-methyl/N-ethyl adjacent to an activating group) is 1. The number of Topliss-reactive ketones (excluding diaryl/α,β-unsaturated/α-hetero) is 1. The van der Waals surface area contributed by atoms with Crippen LogP contribution in [0, 0.1) is 11.6 Å². The third-order valence-corrected chi connectivity index (χ3v) is 6.54. The second-order valence-electron chi connectivity index (χ2n) is 8.41. The van der Waals surface area contributed by atoms with Crippen LogP contribution >= 0.6 is 0 Å². The Balaban J connectivity index is 1.70. The lowest BCUT2D eigenvalue weighted by Gasteiger charge is -2.53. The number of aromatic hydroxyl groups is 1. The number of carbonyl (C=O) groups is 2. The van der Waals surface area contributed by atoms with Crippen LogP contribution in [0.15, 0.2) is 29.2 Å². The summed E-state index contributed by atoms with van der Waals surface area (Å²) in [5.74, 6) is -3.31. The van der Waals surface area contributed by atoms with E-state index < -0.39 is 40.0 Å². The summed E-state index contributed by atoms with van der Waals surface area (Å²) in [5, 5.41) is 10.6. The molecule has 0 radical (unpaired) electrons. The Morgan fingerprint density at radius 2 is 2.00 bits per heavy atom. The highest BCUT2D eigenvalue weighted by molar-refractivity contribution is 6.00. The van der Waals surface area contributed by atoms with E-state index in [2.05, 4.69) is 0 Å². The van der Waals surface area contributed by atoms with Gasteiger partial charge in [-0.1, -0.05) is 6.07 Å². The van der Waals surface area contributed by atoms with Crippen molar-refractivity contribution in [2.75, 3.05) is 20.2 Å². The van der Waals surface area contributed by atoms with Crippen molar-refractivity contribution in [1.29, 1.82) is 0 Å². The molecule has 0 unspecified atom stereocenters. The summed E-state index contributed by atoms with van der Waals surface area (Å²) in [7, 11) is 1.59. The molecule has 2 aromatic rings. The molecule has 0 atom stereocenters. The molecule has 7 nitrogen and oxygen atoms in total. The second kappa shape index (κ2) is 8.12. The van der Waals surface area contributed by atoms with Gasteiger partial charge in [-0.2, -0.15) is 0 Å². The normalized spacial score (nSPS) is 22.1. The fraction of sp³-hybridized carbons (Fsp3) is 0.435. The van der Waals surface area contributed by atoms with Crippen LogP contribution in [0.4, 0.5) is 8.78 Å². The van der Waals surface area contributed by atoms with E-state index in [9.17, 15) is 28.3 Å². The smallest absolute Gasteiger partial charge is 0.274 e. The number of methoxy groups -OCH3 is 1. The largest absolute Gasteiger partial charge is 0.503 e. The molecule has 1 aliphatic heterocycles. The second-order valence-corrected chi connectivity index (χ2v) is 8.41. The van der Waals surface area contributed by atoms with Gasteiger partial charge >= 0.3 is 0 Å². The Hall–Kier alpha value is -3.07. The molecule has 32 heavy (non-hydrogen) atoms. The molecule has 170 valence electrons. The van der Waals surface area contributed by atoms with E-state index in [1.54, 1.807) is 16.6 Å². The summed E-state index contributed by atoms with van der Waals surface area (Å²) >= 11 is 0. The molecule has 9 heteroatoms. The van der Waals surface area contributed by atoms with Crippen LogP contribution < -0.4 is 5.43 Å². The Morgan fingerprint density at radius 3 is 2.62 bits per heavy atom. The first-order valence-corrected chi connectivity index (χ1v) is 10.5. The highest BCUT2D eigenvalue weighted by atomic mass is 19.1. The molecule has 1 fully saturated rings. The number of pyridine rings is 1. The first-order chi connectivity index (χ1) is 15.2. The Morgan fingerprint density at radius 1 is 1.28 bits per heavy atom. The number of amides is 1. The van der Waals surface area contributed by atoms with Crippen LogP contribution in [0.1, 0.15) is 52.6 Å². The number of fused-ring (bicyclic) bond motifs is 2. The van der Waals surface area contributed by atoms with Crippen molar-refractivity contribution in [3.05, 3.63) is 63.1 Å². The van der Waals surface area contributed by atoms with E-state index in [1.807, 2.05) is 6.92 Å². The van der Waals surface area contributed by atoms with Crippen LogP contribution in [0.3, 0.4) is 0 Å². The summed E-state index contributed by atoms with van der Waals surface area (Å²) in [5.41, 5.74) is -1.74. The predicted molar refractivity (Wildman–Crippen MR) is 111 cm³/mol. The third-order valence-electron chi connectivity index (χ3n) is 6.54. The van der Waals surface area contributed by atoms with Crippen molar-refractivity contribution in [2.45, 2.75) is 44.2 Å². The number of aromatic nitrogens is 1. The predicted octanol–water partition coefficient (Wildman–Crippen LogP) is 2.63. The minimum absolute atomic E-state index is 0.0306. The van der Waals surface area contributed by atoms with Gasteiger partial charge in [0.1, 0.15) is 11.6 Å². The lowest BCUT2D eigenvalue weighted by molar-refractivity contribution is -0.0693. The third kappa shape index (κ3) is 3.50. The zero-order valence-corrected chi connectivity index (χ0v) is 17.9. The SMILES string of the molecule is CCN1CC2(CC(OC)C2)n2cc(C(=O)CCc3ccc(F)cc3F)c(=O)c(O)c2C1=O. The standard InChI is InChI=1S/C23H24F2N2O5/c1-3-26-12-23(9-15(10-23)32-2)27-11-16(20(29)21(30)19(27)22(26)31)18(28)7-5-13-4-6-14(24)8-17(13)25/h4,6,8,11,15,30H,3,5,7,9-10,12H2,1-2H3. The molecular formula is C23H24F2N2O5. The number of halogens is 2. The van der Waals surface area contributed by atoms with E-state index in [-0.39, 0.29) is 35.8 Å². The number of aryl methyl sites for hydroxylation is 1. The lowest BCUT2D eigenvalue weighted by Crippen LogP contribution is -2.62. The number of hydrogen-bond donors (Lipinski definition) is 1. The van der Waals surface area contributed by atoms with Crippen LogP contribution in [-0.4, -0.2) is 52.6 Å². The number of benzene rings is 1. The van der Waals surface area contributed by atoms with Gasteiger partial charge in [0.2, 0.25) is 5.43 Å². The molecule has 2 aliphatic rings. The molecule has 1 spiro atoms. The van der Waals surface area contributed by atoms with Gasteiger partial charge in [0.15, 0.2) is 17.2 Å². The first kappa shape index (κ1) is 22.1. The van der Waals surface area contributed by atoms with Crippen molar-refractivity contribution >= 4 is 11.7 Å². The number of nitrogens with zero attached hydrogens (tertiary/aromatic N) is 2. The monoisotopic (exact) mass is 446 g/mol. The van der Waals surface area contributed by atoms with Crippen molar-refractivity contribution in [3.63, 3.8) is 0 Å². The summed E-state index contributed by atoms with van der Waals surface area (Å²) in [6.07, 6.45) is 2.20. The number of ketones is 1. The van der Waals surface area contributed by atoms with E-state index in [4.69, 9.17) is 4.74 Å². The Labute approximate surface area is 183 Å². The van der Waals surface area contributed by atoms with Gasteiger partial charge in [0.25, 0.3) is 5.91 Å². The van der Waals surface area contributed by atoms with Gasteiger partial charge in [-0.05, 0) is 37.8 Å². The molecule has 4 rings (SSSR count). The van der Waals surface area contributed by atoms with E-state index >= 15 is 0 Å². The zero-order chi connectivity index (χ0) is 23.2. The van der Waals surface area contributed by atoms with Gasteiger partial charge in [0, 0.05) is 38.9 Å². The maximum Gasteiger partial charge on any atom is 0.274 e. The lowest BCUT2D eigenvalue weighted by atomic mass is 9.71. The summed E-state index contributed by atoms with van der Waals surface area (Å²) in [6.45, 7) is 2.61. The minimum Gasteiger partial charge on any atom is -0.503 e. The van der Waals surface area contributed by atoms with Crippen molar-refractivity contribution in [2.24, 2.45) is 0 Å². The Bertz CT molecular complexity index is 1150. The van der Waals surface area contributed by atoms with Crippen molar-refractivity contribution in [1.82, 2.24) is 9.47 Å². The van der Waals surface area contributed by atoms with Gasteiger partial charge in [-0.25, -0.2) is 8.78 Å². The minimum atomic E-state index is -0.926. The van der Waals surface area contributed by atoms with Crippen LogP contribution in [0.2, 0.25) is 0 Å². The molecule has 1 saturated carbocycles. The summed E-state index contributed by atoms with van der Waals surface area (Å²) in [4.78, 5) is 40.1. The van der Waals surface area contributed by atoms with Crippen LogP contribution in [-0.2, 0) is 16.7 Å². The zero-order valence-electron chi connectivity index (χ0n) is 17.9. The van der Waals surface area contributed by atoms with Gasteiger partial charge in [-0.15, -0.1) is 0 Å². The molecule has 1 aromatic carbocycles. The molecule has 2 heterocycles. The average Bonchev–Trinajstić information content (AvgIpc) is 2.74. The molecule has 0 bridgehead atoms. The van der Waals surface area contributed by atoms with Gasteiger partial charge in [-0.3, -0.25) is 14.4 Å². The molecular weight excluding hydrogens is 422 g/mol. The maximum absolute atomic E-state index is 13.9. The van der Waals surface area contributed by atoms with E-state index in [0.29, 0.717) is 25.9 Å². The van der Waals surface area contributed by atoms with Gasteiger partial charge in [0.05, 0.1) is 17.2 Å². The van der Waals surface area contributed by atoms with Crippen LogP contribution in [0.25, 0.3) is 0 Å². The number of hydrogen-bond acceptors (Lipinski definition) is 5. The number of carbonyl (C=O) groups excluding carboxylic acids is 2. The fourth-order valence-corrected chi connectivity index (χ4v) is 4.67. The van der Waals surface area contributed by atoms with Crippen molar-refractivity contribution < 1.29 is 28.2 Å². The van der Waals surface area contributed by atoms with Crippen LogP contribution in [0.5, 0.6) is 5.75 Å². The average molecular weight is 446 g/mol. The fourth-order valence-electron chi connectivity index (χ4n) is 4.67. The molecule has 1 N–H and O–H groups in total. The number of ether oxygens (including phenoxy) is 1. The van der Waals surface area contributed by atoms with Gasteiger partial charge < -0.3 is 19.3 Å². The van der Waals surface area contributed by atoms with Crippen molar-refractivity contribution in [3.8, 4) is 5.75 Å². The molecule has 0 saturated heterocycles. The highest BCUT2D eigenvalue weighted by Crippen LogP contribution is 2.45. The summed E-state index contributed by atoms with van der Waals surface area (Å²) in [6, 6.07) is 3.08. The van der Waals surface area contributed by atoms with E-state index in [1.165, 1.54) is 12.3 Å². The quantitative estimate of drug-likeness (QED) is 0.690.